The molecule has 0 aliphatic carbocycles. The number of rotatable bonds is 5. The number of fused-ring (bicyclic) bond motifs is 1. The van der Waals surface area contributed by atoms with Crippen molar-refractivity contribution >= 4 is 11.6 Å². The van der Waals surface area contributed by atoms with Crippen molar-refractivity contribution in [3.8, 4) is 11.5 Å². The monoisotopic (exact) mass is 417 g/mol. The van der Waals surface area contributed by atoms with Crippen LogP contribution in [0.15, 0.2) is 30.3 Å². The van der Waals surface area contributed by atoms with Crippen LogP contribution in [0.2, 0.25) is 5.15 Å². The van der Waals surface area contributed by atoms with Gasteiger partial charge in [0.2, 0.25) is 0 Å². The molecule has 4 rings (SSSR count). The third-order valence-corrected chi connectivity index (χ3v) is 5.73. The van der Waals surface area contributed by atoms with Gasteiger partial charge in [-0.1, -0.05) is 29.8 Å². The van der Waals surface area contributed by atoms with Crippen LogP contribution in [-0.2, 0) is 11.3 Å². The molecule has 7 heteroatoms. The van der Waals surface area contributed by atoms with Gasteiger partial charge >= 0.3 is 0 Å². The zero-order valence-electron chi connectivity index (χ0n) is 17.2. The van der Waals surface area contributed by atoms with Crippen molar-refractivity contribution in [2.45, 2.75) is 38.6 Å². The van der Waals surface area contributed by atoms with E-state index >= 15 is 0 Å². The van der Waals surface area contributed by atoms with Gasteiger partial charge in [-0.2, -0.15) is 0 Å². The molecule has 3 heterocycles. The SMILES string of the molecule is COc1cc2c(nc1Cl)COC[C@@H]2N1CCN[C@H](c2ccccc2OC(C)C)C1. The zero-order chi connectivity index (χ0) is 20.4. The van der Waals surface area contributed by atoms with E-state index in [0.29, 0.717) is 24.1 Å². The number of halogens is 1. The minimum atomic E-state index is 0.125. The first kappa shape index (κ1) is 20.4. The minimum absolute atomic E-state index is 0.125. The first-order valence-corrected chi connectivity index (χ1v) is 10.5. The van der Waals surface area contributed by atoms with Crippen LogP contribution in [0.25, 0.3) is 0 Å². The summed E-state index contributed by atoms with van der Waals surface area (Å²) >= 11 is 6.23. The van der Waals surface area contributed by atoms with Crippen molar-refractivity contribution in [2.24, 2.45) is 0 Å². The fraction of sp³-hybridized carbons (Fsp3) is 0.500. The largest absolute Gasteiger partial charge is 0.494 e. The third-order valence-electron chi connectivity index (χ3n) is 5.45. The average Bonchev–Trinajstić information content (AvgIpc) is 2.73. The molecule has 0 bridgehead atoms. The van der Waals surface area contributed by atoms with E-state index in [1.807, 2.05) is 18.2 Å². The topological polar surface area (TPSA) is 55.9 Å². The van der Waals surface area contributed by atoms with E-state index in [1.54, 1.807) is 7.11 Å². The van der Waals surface area contributed by atoms with Gasteiger partial charge in [-0.25, -0.2) is 4.98 Å². The number of benzene rings is 1. The van der Waals surface area contributed by atoms with Gasteiger partial charge in [-0.05, 0) is 31.5 Å². The second-order valence-corrected chi connectivity index (χ2v) is 8.11. The Kier molecular flexibility index (Phi) is 6.25. The predicted octanol–water partition coefficient (Wildman–Crippen LogP) is 3.75. The van der Waals surface area contributed by atoms with Gasteiger partial charge in [-0.15, -0.1) is 0 Å². The summed E-state index contributed by atoms with van der Waals surface area (Å²) in [7, 11) is 1.62. The van der Waals surface area contributed by atoms with E-state index < -0.39 is 0 Å². The number of nitrogens with zero attached hydrogens (tertiary/aromatic N) is 2. The summed E-state index contributed by atoms with van der Waals surface area (Å²) in [6.07, 6.45) is 0.137. The van der Waals surface area contributed by atoms with Crippen molar-refractivity contribution in [3.63, 3.8) is 0 Å². The van der Waals surface area contributed by atoms with Crippen LogP contribution in [0.5, 0.6) is 11.5 Å². The zero-order valence-corrected chi connectivity index (χ0v) is 17.9. The molecule has 156 valence electrons. The molecule has 2 aliphatic heterocycles. The van der Waals surface area contributed by atoms with Crippen molar-refractivity contribution in [3.05, 3.63) is 52.3 Å². The van der Waals surface area contributed by atoms with Crippen LogP contribution in [0.3, 0.4) is 0 Å². The predicted molar refractivity (Wildman–Crippen MR) is 113 cm³/mol. The second kappa shape index (κ2) is 8.88. The number of aromatic nitrogens is 1. The molecule has 1 N–H and O–H groups in total. The van der Waals surface area contributed by atoms with Gasteiger partial charge in [0.05, 0.1) is 38.2 Å². The number of ether oxygens (including phenoxy) is 3. The summed E-state index contributed by atoms with van der Waals surface area (Å²) in [4.78, 5) is 6.97. The lowest BCUT2D eigenvalue weighted by atomic mass is 9.97. The number of para-hydroxylation sites is 1. The van der Waals surface area contributed by atoms with Crippen molar-refractivity contribution in [2.75, 3.05) is 33.4 Å². The van der Waals surface area contributed by atoms with Crippen LogP contribution in [0, 0.1) is 0 Å². The molecule has 0 saturated carbocycles. The molecular weight excluding hydrogens is 390 g/mol. The van der Waals surface area contributed by atoms with Crippen LogP contribution >= 0.6 is 11.6 Å². The smallest absolute Gasteiger partial charge is 0.171 e. The number of hydrogen-bond acceptors (Lipinski definition) is 6. The highest BCUT2D eigenvalue weighted by Gasteiger charge is 2.33. The highest BCUT2D eigenvalue weighted by Crippen LogP contribution is 2.36. The highest BCUT2D eigenvalue weighted by atomic mass is 35.5. The Morgan fingerprint density at radius 3 is 2.86 bits per heavy atom. The third kappa shape index (κ3) is 4.36. The first-order chi connectivity index (χ1) is 14.1. The Hall–Kier alpha value is -1.86. The first-order valence-electron chi connectivity index (χ1n) is 10.1. The summed E-state index contributed by atoms with van der Waals surface area (Å²) in [5, 5.41) is 4.03. The maximum absolute atomic E-state index is 6.23. The van der Waals surface area contributed by atoms with Crippen molar-refractivity contribution in [1.29, 1.82) is 0 Å². The maximum atomic E-state index is 6.23. The van der Waals surface area contributed by atoms with Crippen LogP contribution in [0.1, 0.15) is 42.8 Å². The van der Waals surface area contributed by atoms with E-state index in [9.17, 15) is 0 Å². The molecule has 2 atom stereocenters. The van der Waals surface area contributed by atoms with E-state index in [4.69, 9.17) is 25.8 Å². The Morgan fingerprint density at radius 1 is 1.24 bits per heavy atom. The molecule has 2 aliphatic rings. The summed E-state index contributed by atoms with van der Waals surface area (Å²) in [6.45, 7) is 7.91. The maximum Gasteiger partial charge on any atom is 0.171 e. The summed E-state index contributed by atoms with van der Waals surface area (Å²) < 4.78 is 17.3. The molecule has 0 unspecified atom stereocenters. The molecule has 1 saturated heterocycles. The molecule has 1 fully saturated rings. The molecule has 29 heavy (non-hydrogen) atoms. The van der Waals surface area contributed by atoms with Gasteiger partial charge in [0.1, 0.15) is 5.75 Å². The van der Waals surface area contributed by atoms with Gasteiger partial charge in [-0.3, -0.25) is 4.90 Å². The number of nitrogens with one attached hydrogen (secondary N) is 1. The van der Waals surface area contributed by atoms with E-state index in [-0.39, 0.29) is 18.2 Å². The van der Waals surface area contributed by atoms with Gasteiger partial charge in [0, 0.05) is 31.2 Å². The average molecular weight is 418 g/mol. The number of pyridine rings is 1. The Morgan fingerprint density at radius 2 is 2.07 bits per heavy atom. The van der Waals surface area contributed by atoms with Crippen LogP contribution < -0.4 is 14.8 Å². The summed E-state index contributed by atoms with van der Waals surface area (Å²) in [5.74, 6) is 1.55. The molecule has 0 radical (unpaired) electrons. The molecule has 2 aromatic rings. The summed E-state index contributed by atoms with van der Waals surface area (Å²) in [6, 6.07) is 10.6. The fourth-order valence-corrected chi connectivity index (χ4v) is 4.36. The standard InChI is InChI=1S/C22H28ClN3O3/c1-14(2)29-20-7-5-4-6-15(20)17-11-26(9-8-24-17)19-13-28-12-18-16(19)10-21(27-3)22(23)25-18/h4-7,10,14,17,19,24H,8-9,11-13H2,1-3H3/t17-,19-/m0/s1. The Labute approximate surface area is 177 Å². The lowest BCUT2D eigenvalue weighted by Gasteiger charge is -2.41. The molecule has 1 aromatic heterocycles. The fourth-order valence-electron chi connectivity index (χ4n) is 4.12. The molecule has 0 spiro atoms. The van der Waals surface area contributed by atoms with Gasteiger partial charge < -0.3 is 19.5 Å². The van der Waals surface area contributed by atoms with Crippen LogP contribution in [-0.4, -0.2) is 49.3 Å². The van der Waals surface area contributed by atoms with Crippen molar-refractivity contribution in [1.82, 2.24) is 15.2 Å². The van der Waals surface area contributed by atoms with Gasteiger partial charge in [0.15, 0.2) is 10.9 Å². The highest BCUT2D eigenvalue weighted by molar-refractivity contribution is 6.30. The van der Waals surface area contributed by atoms with Crippen molar-refractivity contribution < 1.29 is 14.2 Å². The number of piperazine rings is 1. The second-order valence-electron chi connectivity index (χ2n) is 7.75. The molecule has 0 amide bonds. The van der Waals surface area contributed by atoms with E-state index in [2.05, 4.69) is 41.2 Å². The summed E-state index contributed by atoms with van der Waals surface area (Å²) in [5.41, 5.74) is 3.23. The number of hydrogen-bond donors (Lipinski definition) is 1. The molecular formula is C22H28ClN3O3. The normalized spacial score (nSPS) is 22.4. The lowest BCUT2D eigenvalue weighted by molar-refractivity contribution is 0.0182. The Bertz CT molecular complexity index is 861. The quantitative estimate of drug-likeness (QED) is 0.748. The molecule has 1 aromatic carbocycles. The van der Waals surface area contributed by atoms with E-state index in [1.165, 1.54) is 5.56 Å². The molecule has 6 nitrogen and oxygen atoms in total. The van der Waals surface area contributed by atoms with E-state index in [0.717, 1.165) is 36.6 Å². The minimum Gasteiger partial charge on any atom is -0.494 e. The van der Waals surface area contributed by atoms with Crippen LogP contribution in [0.4, 0.5) is 0 Å². The van der Waals surface area contributed by atoms with Gasteiger partial charge in [0.25, 0.3) is 0 Å². The Balaban J connectivity index is 1.59. The number of methoxy groups -OCH3 is 1. The lowest BCUT2D eigenvalue weighted by Crippen LogP contribution is -2.49.